The molecule has 8 heteroatoms. The van der Waals surface area contributed by atoms with Crippen LogP contribution in [0.1, 0.15) is 20.3 Å². The van der Waals surface area contributed by atoms with Crippen LogP contribution >= 0.6 is 27.5 Å². The fourth-order valence-electron chi connectivity index (χ4n) is 2.00. The summed E-state index contributed by atoms with van der Waals surface area (Å²) >= 11 is 9.29. The van der Waals surface area contributed by atoms with Crippen LogP contribution in [-0.2, 0) is 9.59 Å². The van der Waals surface area contributed by atoms with Crippen LogP contribution < -0.4 is 15.4 Å². The maximum Gasteiger partial charge on any atom is 0.265 e. The third-order valence-electron chi connectivity index (χ3n) is 3.40. The molecule has 1 unspecified atom stereocenters. The lowest BCUT2D eigenvalue weighted by atomic mass is 10.2. The smallest absolute Gasteiger partial charge is 0.265 e. The molecule has 138 valence electrons. The summed E-state index contributed by atoms with van der Waals surface area (Å²) in [7, 11) is 0. The number of benzene rings is 2. The predicted molar refractivity (Wildman–Crippen MR) is 103 cm³/mol. The maximum atomic E-state index is 13.1. The van der Waals surface area contributed by atoms with E-state index < -0.39 is 17.8 Å². The van der Waals surface area contributed by atoms with Crippen molar-refractivity contribution in [3.8, 4) is 5.75 Å². The molecule has 0 bridgehead atoms. The number of carbonyl (C=O) groups excluding carboxylic acids is 2. The first kappa shape index (κ1) is 20.2. The van der Waals surface area contributed by atoms with Gasteiger partial charge < -0.3 is 15.4 Å². The van der Waals surface area contributed by atoms with Crippen LogP contribution in [-0.4, -0.2) is 17.9 Å². The quantitative estimate of drug-likeness (QED) is 0.660. The van der Waals surface area contributed by atoms with Crippen molar-refractivity contribution in [2.75, 3.05) is 10.6 Å². The minimum absolute atomic E-state index is 0.150. The highest BCUT2D eigenvalue weighted by Gasteiger charge is 2.18. The number of anilines is 2. The van der Waals surface area contributed by atoms with Gasteiger partial charge in [-0.15, -0.1) is 0 Å². The number of halogens is 3. The first-order chi connectivity index (χ1) is 12.3. The van der Waals surface area contributed by atoms with E-state index in [2.05, 4.69) is 26.6 Å². The van der Waals surface area contributed by atoms with Crippen molar-refractivity contribution in [2.24, 2.45) is 0 Å². The minimum Gasteiger partial charge on any atom is -0.480 e. The number of nitrogens with one attached hydrogen (secondary N) is 2. The number of carbonyl (C=O) groups is 2. The van der Waals surface area contributed by atoms with Crippen molar-refractivity contribution in [1.82, 2.24) is 0 Å². The molecule has 0 spiro atoms. The van der Waals surface area contributed by atoms with Crippen LogP contribution in [0, 0.1) is 5.82 Å². The third kappa shape index (κ3) is 5.44. The molecule has 2 aromatic rings. The van der Waals surface area contributed by atoms with E-state index >= 15 is 0 Å². The third-order valence-corrected chi connectivity index (χ3v) is 4.35. The molecule has 0 heterocycles. The van der Waals surface area contributed by atoms with Gasteiger partial charge in [0.25, 0.3) is 5.91 Å². The topological polar surface area (TPSA) is 67.4 Å². The number of rotatable bonds is 6. The van der Waals surface area contributed by atoms with Gasteiger partial charge in [-0.05, 0) is 59.3 Å². The molecule has 2 rings (SSSR count). The van der Waals surface area contributed by atoms with Gasteiger partial charge in [-0.1, -0.05) is 18.5 Å². The standard InChI is InChI=1S/C18H17BrClFN2O3/c1-3-17(24)22-12-5-6-14(20)15(9-12)23-18(25)10(2)26-16-7-4-11(21)8-13(16)19/h4-10H,3H2,1-2H3,(H,22,24)(H,23,25). The SMILES string of the molecule is CCC(=O)Nc1ccc(Cl)c(NC(=O)C(C)Oc2ccc(F)cc2Br)c1. The van der Waals surface area contributed by atoms with Crippen molar-refractivity contribution in [2.45, 2.75) is 26.4 Å². The number of amides is 2. The van der Waals surface area contributed by atoms with Gasteiger partial charge in [-0.2, -0.15) is 0 Å². The van der Waals surface area contributed by atoms with E-state index in [1.54, 1.807) is 32.0 Å². The molecule has 1 atom stereocenters. The zero-order chi connectivity index (χ0) is 19.3. The summed E-state index contributed by atoms with van der Waals surface area (Å²) in [6.07, 6.45) is -0.524. The van der Waals surface area contributed by atoms with E-state index in [1.807, 2.05) is 0 Å². The molecule has 0 aliphatic rings. The zero-order valence-electron chi connectivity index (χ0n) is 14.1. The molecule has 0 aromatic heterocycles. The normalized spacial score (nSPS) is 11.6. The molecule has 0 saturated heterocycles. The summed E-state index contributed by atoms with van der Waals surface area (Å²) in [6, 6.07) is 8.69. The fourth-order valence-corrected chi connectivity index (χ4v) is 2.61. The molecule has 5 nitrogen and oxygen atoms in total. The lowest BCUT2D eigenvalue weighted by molar-refractivity contribution is -0.122. The summed E-state index contributed by atoms with van der Waals surface area (Å²) in [4.78, 5) is 23.8. The highest BCUT2D eigenvalue weighted by molar-refractivity contribution is 9.10. The average Bonchev–Trinajstić information content (AvgIpc) is 2.60. The maximum absolute atomic E-state index is 13.1. The van der Waals surface area contributed by atoms with Crippen LogP contribution in [0.3, 0.4) is 0 Å². The van der Waals surface area contributed by atoms with Crippen LogP contribution in [0.5, 0.6) is 5.75 Å². The van der Waals surface area contributed by atoms with E-state index in [4.69, 9.17) is 16.3 Å². The monoisotopic (exact) mass is 442 g/mol. The Bertz CT molecular complexity index is 832. The molecular weight excluding hydrogens is 427 g/mol. The summed E-state index contributed by atoms with van der Waals surface area (Å²) in [5.41, 5.74) is 0.866. The van der Waals surface area contributed by atoms with Crippen LogP contribution in [0.4, 0.5) is 15.8 Å². The Morgan fingerprint density at radius 1 is 1.23 bits per heavy atom. The fraction of sp³-hybridized carbons (Fsp3) is 0.222. The number of hydrogen-bond acceptors (Lipinski definition) is 3. The molecule has 2 N–H and O–H groups in total. The molecule has 0 aliphatic carbocycles. The first-order valence-electron chi connectivity index (χ1n) is 7.82. The van der Waals surface area contributed by atoms with Crippen molar-refractivity contribution < 1.29 is 18.7 Å². The second kappa shape index (κ2) is 9.00. The Kier molecular flexibility index (Phi) is 6.99. The van der Waals surface area contributed by atoms with Gasteiger partial charge in [-0.25, -0.2) is 4.39 Å². The summed E-state index contributed by atoms with van der Waals surface area (Å²) < 4.78 is 19.1. The Labute approximate surface area is 164 Å². The Balaban J connectivity index is 2.08. The largest absolute Gasteiger partial charge is 0.480 e. The van der Waals surface area contributed by atoms with Gasteiger partial charge in [0.05, 0.1) is 15.2 Å². The van der Waals surface area contributed by atoms with Crippen molar-refractivity contribution >= 4 is 50.7 Å². The van der Waals surface area contributed by atoms with Gasteiger partial charge >= 0.3 is 0 Å². The number of hydrogen-bond donors (Lipinski definition) is 2. The molecular formula is C18H17BrClFN2O3. The second-order valence-electron chi connectivity index (χ2n) is 5.42. The lowest BCUT2D eigenvalue weighted by Gasteiger charge is -2.17. The van der Waals surface area contributed by atoms with Gasteiger partial charge in [0.1, 0.15) is 11.6 Å². The Morgan fingerprint density at radius 2 is 1.96 bits per heavy atom. The second-order valence-corrected chi connectivity index (χ2v) is 6.68. The predicted octanol–water partition coefficient (Wildman–Crippen LogP) is 5.00. The molecule has 26 heavy (non-hydrogen) atoms. The van der Waals surface area contributed by atoms with E-state index in [-0.39, 0.29) is 5.91 Å². The first-order valence-corrected chi connectivity index (χ1v) is 8.99. The van der Waals surface area contributed by atoms with E-state index in [0.717, 1.165) is 0 Å². The van der Waals surface area contributed by atoms with Gasteiger partial charge in [-0.3, -0.25) is 9.59 Å². The van der Waals surface area contributed by atoms with Crippen molar-refractivity contribution in [3.63, 3.8) is 0 Å². The number of ether oxygens (including phenoxy) is 1. The van der Waals surface area contributed by atoms with Crippen LogP contribution in [0.2, 0.25) is 5.02 Å². The molecule has 2 amide bonds. The average molecular weight is 444 g/mol. The van der Waals surface area contributed by atoms with Gasteiger partial charge in [0.2, 0.25) is 5.91 Å². The van der Waals surface area contributed by atoms with E-state index in [1.165, 1.54) is 18.2 Å². The van der Waals surface area contributed by atoms with Crippen LogP contribution in [0.15, 0.2) is 40.9 Å². The Hall–Kier alpha value is -2.12. The Morgan fingerprint density at radius 3 is 2.62 bits per heavy atom. The van der Waals surface area contributed by atoms with Gasteiger partial charge in [0.15, 0.2) is 6.10 Å². The van der Waals surface area contributed by atoms with E-state index in [9.17, 15) is 14.0 Å². The summed E-state index contributed by atoms with van der Waals surface area (Å²) in [6.45, 7) is 3.29. The van der Waals surface area contributed by atoms with Gasteiger partial charge in [0, 0.05) is 12.1 Å². The highest BCUT2D eigenvalue weighted by Crippen LogP contribution is 2.28. The van der Waals surface area contributed by atoms with Crippen molar-refractivity contribution in [1.29, 1.82) is 0 Å². The molecule has 0 fully saturated rings. The molecule has 0 radical (unpaired) electrons. The van der Waals surface area contributed by atoms with E-state index in [0.29, 0.717) is 33.0 Å². The lowest BCUT2D eigenvalue weighted by Crippen LogP contribution is -2.30. The molecule has 2 aromatic carbocycles. The summed E-state index contributed by atoms with van der Waals surface area (Å²) in [5.74, 6) is -0.673. The minimum atomic E-state index is -0.860. The molecule has 0 saturated carbocycles. The van der Waals surface area contributed by atoms with Crippen molar-refractivity contribution in [3.05, 3.63) is 51.7 Å². The summed E-state index contributed by atoms with van der Waals surface area (Å²) in [5, 5.41) is 5.67. The molecule has 0 aliphatic heterocycles. The highest BCUT2D eigenvalue weighted by atomic mass is 79.9. The zero-order valence-corrected chi connectivity index (χ0v) is 16.4. The van der Waals surface area contributed by atoms with Crippen LogP contribution in [0.25, 0.3) is 0 Å².